The molecular weight excluding hydrogens is 198 g/mol. The lowest BCUT2D eigenvalue weighted by molar-refractivity contribution is 1.12. The van der Waals surface area contributed by atoms with Crippen LogP contribution in [0.5, 0.6) is 0 Å². The summed E-state index contributed by atoms with van der Waals surface area (Å²) in [6, 6.07) is 6.34. The summed E-state index contributed by atoms with van der Waals surface area (Å²) >= 11 is 0. The SMILES string of the molecule is CCc1cnc(N=CN)c2cc(C)ccc12. The molecule has 82 valence electrons. The van der Waals surface area contributed by atoms with Crippen LogP contribution in [0.4, 0.5) is 5.82 Å². The van der Waals surface area contributed by atoms with Crippen molar-refractivity contribution in [2.45, 2.75) is 20.3 Å². The van der Waals surface area contributed by atoms with E-state index in [1.807, 2.05) is 6.20 Å². The Labute approximate surface area is 95.0 Å². The Morgan fingerprint density at radius 1 is 1.38 bits per heavy atom. The zero-order valence-corrected chi connectivity index (χ0v) is 9.57. The molecule has 1 heterocycles. The number of aliphatic imine (C=N–C) groups is 1. The van der Waals surface area contributed by atoms with Gasteiger partial charge in [0, 0.05) is 11.6 Å². The van der Waals surface area contributed by atoms with Crippen LogP contribution in [0.3, 0.4) is 0 Å². The van der Waals surface area contributed by atoms with Gasteiger partial charge in [0.1, 0.15) is 0 Å². The third-order valence-corrected chi connectivity index (χ3v) is 2.68. The number of benzene rings is 1. The number of pyridine rings is 1. The second kappa shape index (κ2) is 4.31. The van der Waals surface area contributed by atoms with Crippen molar-refractivity contribution in [1.29, 1.82) is 0 Å². The summed E-state index contributed by atoms with van der Waals surface area (Å²) in [5, 5.41) is 2.28. The minimum Gasteiger partial charge on any atom is -0.390 e. The van der Waals surface area contributed by atoms with Gasteiger partial charge in [-0.1, -0.05) is 24.6 Å². The van der Waals surface area contributed by atoms with Crippen molar-refractivity contribution in [3.63, 3.8) is 0 Å². The normalized spacial score (nSPS) is 11.4. The van der Waals surface area contributed by atoms with Crippen molar-refractivity contribution < 1.29 is 0 Å². The van der Waals surface area contributed by atoms with Gasteiger partial charge >= 0.3 is 0 Å². The molecule has 0 spiro atoms. The largest absolute Gasteiger partial charge is 0.390 e. The Kier molecular flexibility index (Phi) is 2.86. The highest BCUT2D eigenvalue weighted by Crippen LogP contribution is 2.27. The maximum absolute atomic E-state index is 5.33. The van der Waals surface area contributed by atoms with Crippen LogP contribution >= 0.6 is 0 Å². The molecular formula is C13H15N3. The Balaban J connectivity index is 2.80. The van der Waals surface area contributed by atoms with Crippen LogP contribution in [0.25, 0.3) is 10.8 Å². The molecule has 1 aromatic carbocycles. The standard InChI is InChI=1S/C13H15N3/c1-3-10-7-15-13(16-8-14)12-6-9(2)4-5-11(10)12/h4-8H,3H2,1-2H3,(H2,14,15,16). The van der Waals surface area contributed by atoms with Gasteiger partial charge in [-0.15, -0.1) is 0 Å². The fourth-order valence-electron chi connectivity index (χ4n) is 1.86. The molecule has 0 atom stereocenters. The lowest BCUT2D eigenvalue weighted by Gasteiger charge is -2.07. The summed E-state index contributed by atoms with van der Waals surface area (Å²) in [5.74, 6) is 0.693. The Morgan fingerprint density at radius 3 is 2.88 bits per heavy atom. The molecule has 1 aromatic heterocycles. The van der Waals surface area contributed by atoms with E-state index in [1.54, 1.807) is 0 Å². The molecule has 0 saturated heterocycles. The first-order valence-electron chi connectivity index (χ1n) is 5.38. The molecule has 2 rings (SSSR count). The summed E-state index contributed by atoms with van der Waals surface area (Å²) in [4.78, 5) is 8.42. The number of fused-ring (bicyclic) bond motifs is 1. The number of nitrogens with two attached hydrogens (primary N) is 1. The number of aryl methyl sites for hydroxylation is 2. The molecule has 0 aliphatic carbocycles. The van der Waals surface area contributed by atoms with E-state index in [0.717, 1.165) is 11.8 Å². The zero-order valence-electron chi connectivity index (χ0n) is 9.57. The van der Waals surface area contributed by atoms with E-state index in [9.17, 15) is 0 Å². The van der Waals surface area contributed by atoms with Crippen molar-refractivity contribution in [1.82, 2.24) is 4.98 Å². The molecule has 0 radical (unpaired) electrons. The molecule has 0 fully saturated rings. The van der Waals surface area contributed by atoms with Crippen LogP contribution in [0, 0.1) is 6.92 Å². The predicted molar refractivity (Wildman–Crippen MR) is 68.2 cm³/mol. The van der Waals surface area contributed by atoms with Crippen LogP contribution in [0.15, 0.2) is 29.4 Å². The van der Waals surface area contributed by atoms with Crippen LogP contribution in [-0.4, -0.2) is 11.3 Å². The average molecular weight is 213 g/mol. The number of nitrogens with zero attached hydrogens (tertiary/aromatic N) is 2. The monoisotopic (exact) mass is 213 g/mol. The molecule has 0 saturated carbocycles. The maximum atomic E-state index is 5.33. The number of aromatic nitrogens is 1. The summed E-state index contributed by atoms with van der Waals surface area (Å²) in [7, 11) is 0. The fraction of sp³-hybridized carbons (Fsp3) is 0.231. The summed E-state index contributed by atoms with van der Waals surface area (Å²) in [5.41, 5.74) is 7.77. The van der Waals surface area contributed by atoms with Gasteiger partial charge in [0.05, 0.1) is 6.34 Å². The third kappa shape index (κ3) is 1.76. The van der Waals surface area contributed by atoms with Crippen molar-refractivity contribution in [2.75, 3.05) is 0 Å². The quantitative estimate of drug-likeness (QED) is 0.616. The van der Waals surface area contributed by atoms with Gasteiger partial charge in [-0.2, -0.15) is 0 Å². The maximum Gasteiger partial charge on any atom is 0.161 e. The predicted octanol–water partition coefficient (Wildman–Crippen LogP) is 2.72. The summed E-state index contributed by atoms with van der Waals surface area (Å²) in [6.07, 6.45) is 4.13. The van der Waals surface area contributed by atoms with E-state index in [0.29, 0.717) is 5.82 Å². The second-order valence-electron chi connectivity index (χ2n) is 3.79. The number of rotatable bonds is 2. The molecule has 3 heteroatoms. The average Bonchev–Trinajstić information content (AvgIpc) is 2.30. The van der Waals surface area contributed by atoms with Gasteiger partial charge in [-0.3, -0.25) is 0 Å². The Morgan fingerprint density at radius 2 is 2.19 bits per heavy atom. The fourth-order valence-corrected chi connectivity index (χ4v) is 1.86. The molecule has 2 N–H and O–H groups in total. The first kappa shape index (κ1) is 10.6. The minimum atomic E-state index is 0.693. The van der Waals surface area contributed by atoms with Crippen LogP contribution in [0.2, 0.25) is 0 Å². The van der Waals surface area contributed by atoms with Crippen molar-refractivity contribution >= 4 is 22.9 Å². The second-order valence-corrected chi connectivity index (χ2v) is 3.79. The van der Waals surface area contributed by atoms with Gasteiger partial charge in [0.2, 0.25) is 0 Å². The molecule has 16 heavy (non-hydrogen) atoms. The highest BCUT2D eigenvalue weighted by atomic mass is 14.9. The van der Waals surface area contributed by atoms with E-state index in [4.69, 9.17) is 5.73 Å². The number of hydrogen-bond donors (Lipinski definition) is 1. The molecule has 0 bridgehead atoms. The van der Waals surface area contributed by atoms with Crippen LogP contribution < -0.4 is 5.73 Å². The van der Waals surface area contributed by atoms with Gasteiger partial charge in [-0.25, -0.2) is 9.98 Å². The van der Waals surface area contributed by atoms with Crippen LogP contribution in [-0.2, 0) is 6.42 Å². The van der Waals surface area contributed by atoms with Crippen molar-refractivity contribution in [3.8, 4) is 0 Å². The summed E-state index contributed by atoms with van der Waals surface area (Å²) in [6.45, 7) is 4.19. The van der Waals surface area contributed by atoms with Gasteiger partial charge in [0.25, 0.3) is 0 Å². The van der Waals surface area contributed by atoms with E-state index < -0.39 is 0 Å². The summed E-state index contributed by atoms with van der Waals surface area (Å²) < 4.78 is 0. The van der Waals surface area contributed by atoms with Gasteiger partial charge < -0.3 is 5.73 Å². The lowest BCUT2D eigenvalue weighted by Crippen LogP contribution is -1.91. The van der Waals surface area contributed by atoms with Gasteiger partial charge in [-0.05, 0) is 30.4 Å². The van der Waals surface area contributed by atoms with Crippen molar-refractivity contribution in [2.24, 2.45) is 10.7 Å². The zero-order chi connectivity index (χ0) is 11.5. The molecule has 0 aliphatic heterocycles. The van der Waals surface area contributed by atoms with E-state index in [-0.39, 0.29) is 0 Å². The highest BCUT2D eigenvalue weighted by molar-refractivity contribution is 5.94. The smallest absolute Gasteiger partial charge is 0.161 e. The topological polar surface area (TPSA) is 51.3 Å². The Bertz CT molecular complexity index is 544. The first-order chi connectivity index (χ1) is 7.76. The van der Waals surface area contributed by atoms with Gasteiger partial charge in [0.15, 0.2) is 5.82 Å². The van der Waals surface area contributed by atoms with Crippen LogP contribution in [0.1, 0.15) is 18.1 Å². The van der Waals surface area contributed by atoms with E-state index >= 15 is 0 Å². The molecule has 2 aromatic rings. The number of hydrogen-bond acceptors (Lipinski definition) is 2. The molecule has 0 amide bonds. The Hall–Kier alpha value is -1.90. The molecule has 0 aliphatic rings. The highest BCUT2D eigenvalue weighted by Gasteiger charge is 2.05. The van der Waals surface area contributed by atoms with E-state index in [2.05, 4.69) is 42.0 Å². The molecule has 0 unspecified atom stereocenters. The van der Waals surface area contributed by atoms with Crippen molar-refractivity contribution in [3.05, 3.63) is 35.5 Å². The van der Waals surface area contributed by atoms with E-state index in [1.165, 1.54) is 22.9 Å². The third-order valence-electron chi connectivity index (χ3n) is 2.68. The lowest BCUT2D eigenvalue weighted by atomic mass is 10.0. The molecule has 3 nitrogen and oxygen atoms in total. The minimum absolute atomic E-state index is 0.693. The first-order valence-corrected chi connectivity index (χ1v) is 5.38.